The quantitative estimate of drug-likeness (QED) is 0.785. The molecule has 8 nitrogen and oxygen atoms in total. The van der Waals surface area contributed by atoms with E-state index in [9.17, 15) is 4.79 Å². The Kier molecular flexibility index (Phi) is 5.70. The highest BCUT2D eigenvalue weighted by Crippen LogP contribution is 2.31. The number of ether oxygens (including phenoxy) is 2. The molecule has 0 saturated carbocycles. The fourth-order valence-electron chi connectivity index (χ4n) is 3.15. The van der Waals surface area contributed by atoms with Gasteiger partial charge in [0.25, 0.3) is 0 Å². The van der Waals surface area contributed by atoms with Crippen molar-refractivity contribution >= 4 is 5.91 Å². The minimum atomic E-state index is 0.0326. The summed E-state index contributed by atoms with van der Waals surface area (Å²) in [5.74, 6) is 2.31. The highest BCUT2D eigenvalue weighted by atomic mass is 16.5. The summed E-state index contributed by atoms with van der Waals surface area (Å²) in [6.45, 7) is 6.33. The highest BCUT2D eigenvalue weighted by Gasteiger charge is 2.22. The van der Waals surface area contributed by atoms with E-state index in [4.69, 9.17) is 9.47 Å². The molecule has 1 amide bonds. The lowest BCUT2D eigenvalue weighted by Crippen LogP contribution is -2.41. The number of amides is 1. The molecule has 0 aliphatic carbocycles. The maximum atomic E-state index is 12.4. The van der Waals surface area contributed by atoms with Gasteiger partial charge in [-0.05, 0) is 49.1 Å². The van der Waals surface area contributed by atoms with Crippen LogP contribution in [0, 0.1) is 5.92 Å². The average molecular weight is 359 g/mol. The Morgan fingerprint density at radius 2 is 2.19 bits per heavy atom. The van der Waals surface area contributed by atoms with Crippen LogP contribution in [0.15, 0.2) is 18.2 Å². The van der Waals surface area contributed by atoms with E-state index in [0.717, 1.165) is 25.1 Å². The molecule has 0 spiro atoms. The Hall–Kier alpha value is -2.64. The van der Waals surface area contributed by atoms with Crippen molar-refractivity contribution in [3.8, 4) is 22.9 Å². The lowest BCUT2D eigenvalue weighted by atomic mass is 10.0. The van der Waals surface area contributed by atoms with Crippen LogP contribution in [0.1, 0.15) is 26.7 Å². The molecular weight excluding hydrogens is 334 g/mol. The summed E-state index contributed by atoms with van der Waals surface area (Å²) in [6.07, 6.45) is 2.23. The Balaban J connectivity index is 1.71. The van der Waals surface area contributed by atoms with E-state index in [1.165, 1.54) is 11.2 Å². The molecule has 1 aliphatic heterocycles. The number of aromatic nitrogens is 4. The van der Waals surface area contributed by atoms with E-state index in [-0.39, 0.29) is 12.5 Å². The van der Waals surface area contributed by atoms with Crippen LogP contribution in [0.4, 0.5) is 0 Å². The van der Waals surface area contributed by atoms with Gasteiger partial charge in [-0.15, -0.1) is 10.2 Å². The average Bonchev–Trinajstić information content (AvgIpc) is 3.10. The van der Waals surface area contributed by atoms with Crippen molar-refractivity contribution in [2.75, 3.05) is 26.8 Å². The van der Waals surface area contributed by atoms with Crippen LogP contribution >= 0.6 is 0 Å². The number of hydrogen-bond donors (Lipinski definition) is 0. The molecule has 0 radical (unpaired) electrons. The molecule has 1 fully saturated rings. The molecule has 0 bridgehead atoms. The summed E-state index contributed by atoms with van der Waals surface area (Å²) in [6, 6.07) is 5.47. The molecule has 140 valence electrons. The van der Waals surface area contributed by atoms with E-state index in [1.807, 2.05) is 24.0 Å². The van der Waals surface area contributed by atoms with Crippen LogP contribution < -0.4 is 9.47 Å². The molecule has 3 rings (SSSR count). The third-order valence-corrected chi connectivity index (χ3v) is 4.46. The SMILES string of the molecule is CCOc1cc(-c2nnn(CC(=O)N3CCC[C@@H](C)C3)n2)ccc1OC. The third kappa shape index (κ3) is 4.12. The van der Waals surface area contributed by atoms with Gasteiger partial charge in [-0.2, -0.15) is 4.80 Å². The molecule has 1 aliphatic rings. The molecule has 2 heterocycles. The summed E-state index contributed by atoms with van der Waals surface area (Å²) in [4.78, 5) is 15.7. The molecular formula is C18H25N5O3. The van der Waals surface area contributed by atoms with Gasteiger partial charge in [0, 0.05) is 18.7 Å². The van der Waals surface area contributed by atoms with Crippen LogP contribution in [0.3, 0.4) is 0 Å². The van der Waals surface area contributed by atoms with Gasteiger partial charge in [0.15, 0.2) is 11.5 Å². The minimum absolute atomic E-state index is 0.0326. The van der Waals surface area contributed by atoms with E-state index in [0.29, 0.717) is 29.8 Å². The number of carbonyl (C=O) groups is 1. The van der Waals surface area contributed by atoms with E-state index in [2.05, 4.69) is 22.3 Å². The van der Waals surface area contributed by atoms with Gasteiger partial charge in [0.1, 0.15) is 6.54 Å². The monoisotopic (exact) mass is 359 g/mol. The molecule has 1 atom stereocenters. The van der Waals surface area contributed by atoms with Crippen LogP contribution in [-0.4, -0.2) is 57.8 Å². The first-order valence-electron chi connectivity index (χ1n) is 8.97. The zero-order valence-electron chi connectivity index (χ0n) is 15.5. The molecule has 1 saturated heterocycles. The molecule has 1 aromatic carbocycles. The Labute approximate surface area is 153 Å². The number of methoxy groups -OCH3 is 1. The summed E-state index contributed by atoms with van der Waals surface area (Å²) in [7, 11) is 1.60. The van der Waals surface area contributed by atoms with Gasteiger partial charge >= 0.3 is 0 Å². The highest BCUT2D eigenvalue weighted by molar-refractivity contribution is 5.76. The fraction of sp³-hybridized carbons (Fsp3) is 0.556. The smallest absolute Gasteiger partial charge is 0.246 e. The van der Waals surface area contributed by atoms with Crippen molar-refractivity contribution in [3.05, 3.63) is 18.2 Å². The van der Waals surface area contributed by atoms with E-state index in [1.54, 1.807) is 13.2 Å². The maximum Gasteiger partial charge on any atom is 0.246 e. The Morgan fingerprint density at radius 3 is 2.92 bits per heavy atom. The molecule has 0 N–H and O–H groups in total. The second-order valence-electron chi connectivity index (χ2n) is 6.53. The van der Waals surface area contributed by atoms with E-state index >= 15 is 0 Å². The normalized spacial score (nSPS) is 17.2. The molecule has 26 heavy (non-hydrogen) atoms. The summed E-state index contributed by atoms with van der Waals surface area (Å²) < 4.78 is 10.9. The van der Waals surface area contributed by atoms with Crippen LogP contribution in [0.2, 0.25) is 0 Å². The number of nitrogens with zero attached hydrogens (tertiary/aromatic N) is 5. The maximum absolute atomic E-state index is 12.4. The first-order chi connectivity index (χ1) is 12.6. The lowest BCUT2D eigenvalue weighted by molar-refractivity contribution is -0.134. The first kappa shape index (κ1) is 18.2. The van der Waals surface area contributed by atoms with Gasteiger partial charge in [0.2, 0.25) is 11.7 Å². The number of rotatable bonds is 6. The summed E-state index contributed by atoms with van der Waals surface area (Å²) >= 11 is 0. The minimum Gasteiger partial charge on any atom is -0.493 e. The fourth-order valence-corrected chi connectivity index (χ4v) is 3.15. The van der Waals surface area contributed by atoms with Crippen molar-refractivity contribution in [2.45, 2.75) is 33.2 Å². The zero-order valence-corrected chi connectivity index (χ0v) is 15.5. The van der Waals surface area contributed by atoms with Gasteiger partial charge < -0.3 is 14.4 Å². The van der Waals surface area contributed by atoms with Crippen molar-refractivity contribution in [1.82, 2.24) is 25.1 Å². The molecule has 1 aromatic heterocycles. The number of hydrogen-bond acceptors (Lipinski definition) is 6. The van der Waals surface area contributed by atoms with Gasteiger partial charge in [0.05, 0.1) is 13.7 Å². The number of carbonyl (C=O) groups excluding carboxylic acids is 1. The molecule has 0 unspecified atom stereocenters. The number of piperidine rings is 1. The lowest BCUT2D eigenvalue weighted by Gasteiger charge is -2.30. The summed E-state index contributed by atoms with van der Waals surface area (Å²) in [5.41, 5.74) is 0.763. The van der Waals surface area contributed by atoms with Crippen molar-refractivity contribution in [2.24, 2.45) is 5.92 Å². The second-order valence-corrected chi connectivity index (χ2v) is 6.53. The van der Waals surface area contributed by atoms with Crippen LogP contribution in [0.25, 0.3) is 11.4 Å². The predicted octanol–water partition coefficient (Wildman–Crippen LogP) is 2.01. The van der Waals surface area contributed by atoms with E-state index < -0.39 is 0 Å². The van der Waals surface area contributed by atoms with Crippen molar-refractivity contribution in [3.63, 3.8) is 0 Å². The second kappa shape index (κ2) is 8.16. The van der Waals surface area contributed by atoms with Gasteiger partial charge in [-0.1, -0.05) is 6.92 Å². The van der Waals surface area contributed by atoms with Crippen LogP contribution in [0.5, 0.6) is 11.5 Å². The van der Waals surface area contributed by atoms with Crippen molar-refractivity contribution in [1.29, 1.82) is 0 Å². The van der Waals surface area contributed by atoms with Crippen LogP contribution in [-0.2, 0) is 11.3 Å². The first-order valence-corrected chi connectivity index (χ1v) is 8.97. The Morgan fingerprint density at radius 1 is 1.35 bits per heavy atom. The van der Waals surface area contributed by atoms with Crippen molar-refractivity contribution < 1.29 is 14.3 Å². The number of likely N-dealkylation sites (tertiary alicyclic amines) is 1. The van der Waals surface area contributed by atoms with Gasteiger partial charge in [-0.3, -0.25) is 4.79 Å². The number of benzene rings is 1. The van der Waals surface area contributed by atoms with Gasteiger partial charge in [-0.25, -0.2) is 0 Å². The third-order valence-electron chi connectivity index (χ3n) is 4.46. The summed E-state index contributed by atoms with van der Waals surface area (Å²) in [5, 5.41) is 12.4. The molecule has 2 aromatic rings. The zero-order chi connectivity index (χ0) is 18.5. The number of tetrazole rings is 1. The molecule has 8 heteroatoms. The Bertz CT molecular complexity index is 761. The topological polar surface area (TPSA) is 82.4 Å². The standard InChI is InChI=1S/C18H25N5O3/c1-4-26-16-10-14(7-8-15(16)25-3)18-19-21-23(20-18)12-17(24)22-9-5-6-13(2)11-22/h7-8,10,13H,4-6,9,11-12H2,1-3H3/t13-/m1/s1. The predicted molar refractivity (Wildman–Crippen MR) is 96.0 cm³/mol. The largest absolute Gasteiger partial charge is 0.493 e.